The van der Waals surface area contributed by atoms with Gasteiger partial charge in [-0.15, -0.1) is 11.3 Å². The Morgan fingerprint density at radius 3 is 2.04 bits per heavy atom. The Morgan fingerprint density at radius 2 is 1.42 bits per heavy atom. The molecule has 1 saturated carbocycles. The Bertz CT molecular complexity index is 1190. The Kier molecular flexibility index (Phi) is 18.6. The Labute approximate surface area is 330 Å². The highest BCUT2D eigenvalue weighted by Gasteiger charge is 2.45. The van der Waals surface area contributed by atoms with E-state index in [9.17, 15) is 5.11 Å². The first kappa shape index (κ1) is 41.9. The number of aliphatic hydroxyl groups is 1. The molecule has 5 unspecified atom stereocenters. The molecular formula is C42H65BrO9S. The molecule has 0 bridgehead atoms. The average Bonchev–Trinajstić information content (AvgIpc) is 3.76. The first-order valence-electron chi connectivity index (χ1n) is 20.9. The van der Waals surface area contributed by atoms with Crippen LogP contribution < -0.4 is 0 Å². The zero-order chi connectivity index (χ0) is 36.5. The van der Waals surface area contributed by atoms with Gasteiger partial charge in [0.05, 0.1) is 34.8 Å². The lowest BCUT2D eigenvalue weighted by molar-refractivity contribution is -0.203. The molecule has 1 aromatic rings. The van der Waals surface area contributed by atoms with Gasteiger partial charge in [-0.05, 0) is 150 Å². The second-order valence-electron chi connectivity index (χ2n) is 15.4. The molecule has 9 nitrogen and oxygen atoms in total. The van der Waals surface area contributed by atoms with Gasteiger partial charge in [0.1, 0.15) is 0 Å². The van der Waals surface area contributed by atoms with Crippen LogP contribution in [0.1, 0.15) is 120 Å². The summed E-state index contributed by atoms with van der Waals surface area (Å²) >= 11 is 5.42. The number of allylic oxidation sites excluding steroid dienone is 2. The Morgan fingerprint density at radius 1 is 0.774 bits per heavy atom. The quantitative estimate of drug-likeness (QED) is 0.102. The van der Waals surface area contributed by atoms with E-state index in [0.717, 1.165) is 146 Å². The van der Waals surface area contributed by atoms with Gasteiger partial charge in [0.15, 0.2) is 25.2 Å². The van der Waals surface area contributed by atoms with Crippen molar-refractivity contribution in [1.82, 2.24) is 0 Å². The molecule has 0 aromatic carbocycles. The molecule has 5 heterocycles. The molecule has 0 radical (unpaired) electrons. The summed E-state index contributed by atoms with van der Waals surface area (Å²) in [6, 6.07) is 4.33. The summed E-state index contributed by atoms with van der Waals surface area (Å²) in [7, 11) is 0. The van der Waals surface area contributed by atoms with Crippen LogP contribution in [0.15, 0.2) is 40.2 Å². The fraction of sp³-hybridized carbons (Fsp3) is 0.810. The smallest absolute Gasteiger partial charge is 0.158 e. The molecule has 1 aromatic heterocycles. The van der Waals surface area contributed by atoms with Crippen LogP contribution in [0, 0.1) is 11.8 Å². The molecule has 11 heteroatoms. The molecule has 4 saturated heterocycles. The van der Waals surface area contributed by atoms with E-state index < -0.39 is 6.10 Å². The van der Waals surface area contributed by atoms with E-state index in [1.54, 1.807) is 11.3 Å². The molecule has 0 amide bonds. The van der Waals surface area contributed by atoms with Gasteiger partial charge in [-0.3, -0.25) is 0 Å². The van der Waals surface area contributed by atoms with Crippen molar-refractivity contribution < 1.29 is 43.0 Å². The first-order chi connectivity index (χ1) is 26.1. The molecule has 10 atom stereocenters. The van der Waals surface area contributed by atoms with E-state index in [-0.39, 0.29) is 55.3 Å². The van der Waals surface area contributed by atoms with Crippen molar-refractivity contribution >= 4 is 27.3 Å². The molecule has 5 aliphatic rings. The zero-order valence-electron chi connectivity index (χ0n) is 31.7. The summed E-state index contributed by atoms with van der Waals surface area (Å²) in [5, 5.41) is 10.5. The standard InChI is InChI=1S/C42H65BrO9S/c43-38-24-22-33(53-38)21-19-32(50-40-16-6-10-26-46-40)20-23-35-34(14-4-2-1-3-13-31(44)30-49-39-15-5-9-25-45-39)36(51-41-17-7-11-27-47-41)29-37(35)52-42-18-8-12-28-48-42/h2,4,20,22-24,31-32,34-37,39-42,44H,1,3,5-19,21,25-30H2/b4-2-,23-20+/t31?,32?,34-,35-,36+,37-,39?,40-,41?,42?/m1/s1. The maximum absolute atomic E-state index is 10.5. The first-order valence-corrected chi connectivity index (χ1v) is 22.5. The summed E-state index contributed by atoms with van der Waals surface area (Å²) < 4.78 is 51.2. The fourth-order valence-electron chi connectivity index (χ4n) is 8.22. The van der Waals surface area contributed by atoms with Crippen molar-refractivity contribution in [1.29, 1.82) is 0 Å². The normalized spacial score (nSPS) is 32.8. The van der Waals surface area contributed by atoms with E-state index in [1.165, 1.54) is 4.88 Å². The van der Waals surface area contributed by atoms with Gasteiger partial charge < -0.3 is 43.0 Å². The summed E-state index contributed by atoms with van der Waals surface area (Å²) in [4.78, 5) is 1.35. The van der Waals surface area contributed by atoms with Crippen molar-refractivity contribution in [3.05, 3.63) is 45.1 Å². The van der Waals surface area contributed by atoms with Crippen molar-refractivity contribution in [2.75, 3.05) is 33.0 Å². The zero-order valence-corrected chi connectivity index (χ0v) is 34.1. The van der Waals surface area contributed by atoms with E-state index in [2.05, 4.69) is 52.4 Å². The molecule has 300 valence electrons. The second-order valence-corrected chi connectivity index (χ2v) is 18.0. The Hall–Kier alpha value is -0.700. The third-order valence-corrected chi connectivity index (χ3v) is 12.9. The third kappa shape index (κ3) is 14.6. The van der Waals surface area contributed by atoms with Crippen LogP contribution >= 0.6 is 27.3 Å². The maximum Gasteiger partial charge on any atom is 0.158 e. The van der Waals surface area contributed by atoms with Gasteiger partial charge in [-0.1, -0.05) is 24.3 Å². The monoisotopic (exact) mass is 824 g/mol. The molecule has 4 aliphatic heterocycles. The topological polar surface area (TPSA) is 94.1 Å². The summed E-state index contributed by atoms with van der Waals surface area (Å²) in [6.45, 7) is 3.36. The molecule has 0 spiro atoms. The SMILES string of the molecule is OC(CCC/C=C\C[C@@H]1[C@@H](/C=C/C(CCc2ccc(Br)s2)O[C@@H]2CCCCO2)[C@H](OC2CCCCO2)C[C@@H]1OC1CCCCO1)COC1CCCCO1. The highest BCUT2D eigenvalue weighted by molar-refractivity contribution is 9.11. The number of aliphatic hydroxyl groups excluding tert-OH is 1. The van der Waals surface area contributed by atoms with Gasteiger partial charge in [0.25, 0.3) is 0 Å². The van der Waals surface area contributed by atoms with Crippen LogP contribution in [0.4, 0.5) is 0 Å². The number of ether oxygens (including phenoxy) is 8. The number of thiophene rings is 1. The minimum atomic E-state index is -0.470. The highest BCUT2D eigenvalue weighted by Crippen LogP contribution is 2.42. The molecule has 5 fully saturated rings. The van der Waals surface area contributed by atoms with Gasteiger partial charge in [0, 0.05) is 43.6 Å². The molecule has 1 aliphatic carbocycles. The van der Waals surface area contributed by atoms with Crippen LogP contribution in [0.3, 0.4) is 0 Å². The minimum absolute atomic E-state index is 0.0106. The second kappa shape index (κ2) is 23.5. The maximum atomic E-state index is 10.5. The summed E-state index contributed by atoms with van der Waals surface area (Å²) in [5.74, 6) is 0.352. The molecular weight excluding hydrogens is 760 g/mol. The predicted molar refractivity (Wildman–Crippen MR) is 210 cm³/mol. The van der Waals surface area contributed by atoms with Crippen LogP contribution in [0.2, 0.25) is 0 Å². The van der Waals surface area contributed by atoms with Gasteiger partial charge in [0.2, 0.25) is 0 Å². The van der Waals surface area contributed by atoms with Crippen molar-refractivity contribution in [2.24, 2.45) is 11.8 Å². The summed E-state index contributed by atoms with van der Waals surface area (Å²) in [6.07, 6.45) is 26.7. The van der Waals surface area contributed by atoms with Crippen molar-refractivity contribution in [2.45, 2.75) is 172 Å². The molecule has 6 rings (SSSR count). The van der Waals surface area contributed by atoms with Crippen LogP contribution in [-0.4, -0.2) is 87.7 Å². The van der Waals surface area contributed by atoms with Crippen molar-refractivity contribution in [3.63, 3.8) is 0 Å². The largest absolute Gasteiger partial charge is 0.391 e. The number of aryl methyl sites for hydroxylation is 1. The van der Waals surface area contributed by atoms with E-state index in [4.69, 9.17) is 37.9 Å². The van der Waals surface area contributed by atoms with E-state index in [0.29, 0.717) is 13.0 Å². The number of hydrogen-bond donors (Lipinski definition) is 1. The lowest BCUT2D eigenvalue weighted by atomic mass is 9.89. The molecule has 1 N–H and O–H groups in total. The van der Waals surface area contributed by atoms with E-state index >= 15 is 0 Å². The number of unbranched alkanes of at least 4 members (excludes halogenated alkanes) is 1. The average molecular weight is 826 g/mol. The lowest BCUT2D eigenvalue weighted by Gasteiger charge is -2.30. The summed E-state index contributed by atoms with van der Waals surface area (Å²) in [5.41, 5.74) is 0. The molecule has 53 heavy (non-hydrogen) atoms. The van der Waals surface area contributed by atoms with Crippen LogP contribution in [-0.2, 0) is 44.3 Å². The number of rotatable bonds is 20. The van der Waals surface area contributed by atoms with E-state index in [1.807, 2.05) is 0 Å². The number of hydrogen-bond acceptors (Lipinski definition) is 10. The minimum Gasteiger partial charge on any atom is -0.391 e. The van der Waals surface area contributed by atoms with Gasteiger partial charge in [-0.2, -0.15) is 0 Å². The Balaban J connectivity index is 1.12. The lowest BCUT2D eigenvalue weighted by Crippen LogP contribution is -2.31. The highest BCUT2D eigenvalue weighted by atomic mass is 79.9. The van der Waals surface area contributed by atoms with Gasteiger partial charge >= 0.3 is 0 Å². The fourth-order valence-corrected chi connectivity index (χ4v) is 9.72. The van der Waals surface area contributed by atoms with Crippen LogP contribution in [0.25, 0.3) is 0 Å². The van der Waals surface area contributed by atoms with Crippen LogP contribution in [0.5, 0.6) is 0 Å². The number of halogens is 1. The third-order valence-electron chi connectivity index (χ3n) is 11.2. The predicted octanol–water partition coefficient (Wildman–Crippen LogP) is 9.39. The van der Waals surface area contributed by atoms with Crippen molar-refractivity contribution in [3.8, 4) is 0 Å². The van der Waals surface area contributed by atoms with Gasteiger partial charge in [-0.25, -0.2) is 0 Å².